The molecule has 2 heterocycles. The molecule has 0 atom stereocenters. The lowest BCUT2D eigenvalue weighted by atomic mass is 10.2. The second-order valence-electron chi connectivity index (χ2n) is 4.74. The van der Waals surface area contributed by atoms with Crippen LogP contribution in [0.25, 0.3) is 11.0 Å². The Morgan fingerprint density at radius 1 is 1.18 bits per heavy atom. The molecule has 0 aliphatic heterocycles. The Kier molecular flexibility index (Phi) is 3.45. The van der Waals surface area contributed by atoms with Crippen LogP contribution in [-0.4, -0.2) is 19.0 Å². The van der Waals surface area contributed by atoms with Crippen LogP contribution in [0.4, 0.5) is 5.69 Å². The van der Waals surface area contributed by atoms with Crippen molar-refractivity contribution < 1.29 is 4.92 Å². The van der Waals surface area contributed by atoms with Crippen LogP contribution >= 0.6 is 11.8 Å². The number of nitro groups is 1. The number of benzene rings is 1. The minimum atomic E-state index is -0.442. The smallest absolute Gasteiger partial charge is 0.295 e. The number of nitrogens with zero attached hydrogens (tertiary/aromatic N) is 4. The Morgan fingerprint density at radius 2 is 1.86 bits per heavy atom. The summed E-state index contributed by atoms with van der Waals surface area (Å²) in [5.41, 5.74) is 0.926. The third-order valence-electron chi connectivity index (χ3n) is 3.40. The number of imidazole rings is 1. The molecular weight excluding hydrogens is 304 g/mol. The van der Waals surface area contributed by atoms with Crippen molar-refractivity contribution in [3.63, 3.8) is 0 Å². The summed E-state index contributed by atoms with van der Waals surface area (Å²) >= 11 is 1.20. The summed E-state index contributed by atoms with van der Waals surface area (Å²) in [6.07, 6.45) is 1.63. The van der Waals surface area contributed by atoms with Gasteiger partial charge < -0.3 is 0 Å². The molecule has 2 aromatic heterocycles. The van der Waals surface area contributed by atoms with Gasteiger partial charge in [-0.05, 0) is 18.2 Å². The SMILES string of the molecule is Cn1c(=O)n(C)c2cc([N+](=O)[O-])c(Sc3ccccn3)cc21. The molecule has 8 heteroatoms. The molecule has 0 fully saturated rings. The lowest BCUT2D eigenvalue weighted by Gasteiger charge is -2.04. The molecule has 7 nitrogen and oxygen atoms in total. The number of aryl methyl sites for hydroxylation is 2. The van der Waals surface area contributed by atoms with Crippen LogP contribution in [-0.2, 0) is 14.1 Å². The Labute approximate surface area is 129 Å². The average Bonchev–Trinajstić information content (AvgIpc) is 2.72. The Hall–Kier alpha value is -2.61. The number of pyridine rings is 1. The molecule has 3 rings (SSSR count). The predicted molar refractivity (Wildman–Crippen MR) is 83.2 cm³/mol. The normalized spacial score (nSPS) is 11.0. The van der Waals surface area contributed by atoms with Crippen LogP contribution in [0.3, 0.4) is 0 Å². The molecule has 0 bridgehead atoms. The molecule has 22 heavy (non-hydrogen) atoms. The van der Waals surface area contributed by atoms with Crippen molar-refractivity contribution in [2.24, 2.45) is 14.1 Å². The minimum absolute atomic E-state index is 0.0376. The topological polar surface area (TPSA) is 83.0 Å². The summed E-state index contributed by atoms with van der Waals surface area (Å²) in [5.74, 6) is 0. The van der Waals surface area contributed by atoms with Crippen molar-refractivity contribution in [3.8, 4) is 0 Å². The van der Waals surface area contributed by atoms with Crippen molar-refractivity contribution in [1.82, 2.24) is 14.1 Å². The first kappa shape index (κ1) is 14.3. The van der Waals surface area contributed by atoms with E-state index in [0.29, 0.717) is 21.0 Å². The number of aromatic nitrogens is 3. The zero-order valence-corrected chi connectivity index (χ0v) is 12.7. The number of hydrogen-bond acceptors (Lipinski definition) is 5. The van der Waals surface area contributed by atoms with E-state index < -0.39 is 4.92 Å². The fraction of sp³-hybridized carbons (Fsp3) is 0.143. The van der Waals surface area contributed by atoms with Gasteiger partial charge in [-0.2, -0.15) is 0 Å². The van der Waals surface area contributed by atoms with Crippen LogP contribution < -0.4 is 5.69 Å². The van der Waals surface area contributed by atoms with E-state index in [2.05, 4.69) is 4.98 Å². The maximum absolute atomic E-state index is 12.0. The van der Waals surface area contributed by atoms with Crippen LogP contribution in [0.5, 0.6) is 0 Å². The predicted octanol–water partition coefficient (Wildman–Crippen LogP) is 2.33. The van der Waals surface area contributed by atoms with E-state index in [-0.39, 0.29) is 11.4 Å². The highest BCUT2D eigenvalue weighted by Gasteiger charge is 2.20. The Balaban J connectivity index is 2.24. The zero-order chi connectivity index (χ0) is 15.9. The van der Waals surface area contributed by atoms with Crippen LogP contribution in [0.15, 0.2) is 51.2 Å². The molecular formula is C14H12N4O3S. The van der Waals surface area contributed by atoms with Gasteiger partial charge in [0.1, 0.15) is 5.03 Å². The van der Waals surface area contributed by atoms with E-state index in [1.807, 2.05) is 6.07 Å². The number of rotatable bonds is 3. The summed E-state index contributed by atoms with van der Waals surface area (Å²) in [7, 11) is 3.24. The van der Waals surface area contributed by atoms with Crippen molar-refractivity contribution in [3.05, 3.63) is 57.1 Å². The van der Waals surface area contributed by atoms with E-state index in [1.165, 1.54) is 27.0 Å². The molecule has 0 aliphatic rings. The fourth-order valence-corrected chi connectivity index (χ4v) is 3.15. The molecule has 112 valence electrons. The van der Waals surface area contributed by atoms with Gasteiger partial charge in [-0.15, -0.1) is 0 Å². The Bertz CT molecular complexity index is 931. The first-order valence-corrected chi connectivity index (χ1v) is 7.23. The summed E-state index contributed by atoms with van der Waals surface area (Å²) in [6, 6.07) is 8.47. The maximum Gasteiger partial charge on any atom is 0.328 e. The lowest BCUT2D eigenvalue weighted by Crippen LogP contribution is -2.19. The largest absolute Gasteiger partial charge is 0.328 e. The van der Waals surface area contributed by atoms with E-state index in [0.717, 1.165) is 0 Å². The second kappa shape index (κ2) is 5.30. The summed E-state index contributed by atoms with van der Waals surface area (Å²) in [4.78, 5) is 27.5. The molecule has 0 amide bonds. The van der Waals surface area contributed by atoms with E-state index in [4.69, 9.17) is 0 Å². The van der Waals surface area contributed by atoms with Gasteiger partial charge in [-0.3, -0.25) is 19.2 Å². The summed E-state index contributed by atoms with van der Waals surface area (Å²) in [6.45, 7) is 0. The summed E-state index contributed by atoms with van der Waals surface area (Å²) < 4.78 is 2.87. The van der Waals surface area contributed by atoms with Gasteiger partial charge in [0.05, 0.1) is 20.9 Å². The molecule has 0 unspecified atom stereocenters. The average molecular weight is 316 g/mol. The first-order chi connectivity index (χ1) is 10.5. The lowest BCUT2D eigenvalue weighted by molar-refractivity contribution is -0.387. The van der Waals surface area contributed by atoms with Crippen molar-refractivity contribution in [2.45, 2.75) is 9.92 Å². The molecule has 0 saturated carbocycles. The van der Waals surface area contributed by atoms with Crippen molar-refractivity contribution >= 4 is 28.5 Å². The van der Waals surface area contributed by atoms with Gasteiger partial charge in [-0.25, -0.2) is 9.78 Å². The molecule has 0 N–H and O–H groups in total. The van der Waals surface area contributed by atoms with E-state index >= 15 is 0 Å². The van der Waals surface area contributed by atoms with Gasteiger partial charge in [0.25, 0.3) is 5.69 Å². The molecule has 0 spiro atoms. The third-order valence-corrected chi connectivity index (χ3v) is 4.40. The second-order valence-corrected chi connectivity index (χ2v) is 5.80. The van der Waals surface area contributed by atoms with E-state index in [9.17, 15) is 14.9 Å². The highest BCUT2D eigenvalue weighted by molar-refractivity contribution is 7.99. The molecule has 0 radical (unpaired) electrons. The number of nitro benzene ring substituents is 1. The monoisotopic (exact) mass is 316 g/mol. The summed E-state index contributed by atoms with van der Waals surface area (Å²) in [5, 5.41) is 12.0. The maximum atomic E-state index is 12.0. The standard InChI is InChI=1S/C14H12N4O3S/c1-16-9-7-11(18(20)21)12(8-10(9)17(2)14(16)19)22-13-5-3-4-6-15-13/h3-8H,1-2H3. The van der Waals surface area contributed by atoms with Gasteiger partial charge in [0.2, 0.25) is 0 Å². The molecule has 0 saturated heterocycles. The van der Waals surface area contributed by atoms with Crippen LogP contribution in [0, 0.1) is 10.1 Å². The number of fused-ring (bicyclic) bond motifs is 1. The van der Waals surface area contributed by atoms with Gasteiger partial charge in [0, 0.05) is 26.4 Å². The number of hydrogen-bond donors (Lipinski definition) is 0. The Morgan fingerprint density at radius 3 is 2.45 bits per heavy atom. The van der Waals surface area contributed by atoms with Gasteiger partial charge in [-0.1, -0.05) is 17.8 Å². The third kappa shape index (κ3) is 2.27. The quantitative estimate of drug-likeness (QED) is 0.547. The molecule has 3 aromatic rings. The highest BCUT2D eigenvalue weighted by atomic mass is 32.2. The van der Waals surface area contributed by atoms with Crippen LogP contribution in [0.2, 0.25) is 0 Å². The van der Waals surface area contributed by atoms with Crippen molar-refractivity contribution in [2.75, 3.05) is 0 Å². The zero-order valence-electron chi connectivity index (χ0n) is 11.9. The molecule has 0 aliphatic carbocycles. The van der Waals surface area contributed by atoms with Crippen molar-refractivity contribution in [1.29, 1.82) is 0 Å². The first-order valence-electron chi connectivity index (χ1n) is 6.42. The molecule has 1 aromatic carbocycles. The van der Waals surface area contributed by atoms with E-state index in [1.54, 1.807) is 38.5 Å². The van der Waals surface area contributed by atoms with Gasteiger partial charge in [0.15, 0.2) is 0 Å². The van der Waals surface area contributed by atoms with Crippen LogP contribution in [0.1, 0.15) is 0 Å². The minimum Gasteiger partial charge on any atom is -0.295 e. The van der Waals surface area contributed by atoms with Gasteiger partial charge >= 0.3 is 5.69 Å². The fourth-order valence-electron chi connectivity index (χ4n) is 2.26. The highest BCUT2D eigenvalue weighted by Crippen LogP contribution is 2.36.